The average Bonchev–Trinajstić information content (AvgIpc) is 2.86. The van der Waals surface area contributed by atoms with Gasteiger partial charge in [0.2, 0.25) is 11.3 Å². The number of carbonyl (C=O) groups is 2. The topological polar surface area (TPSA) is 86.6 Å². The van der Waals surface area contributed by atoms with Crippen LogP contribution in [-0.2, 0) is 11.3 Å². The Morgan fingerprint density at radius 1 is 0.971 bits per heavy atom. The monoisotopic (exact) mass is 474 g/mol. The Bertz CT molecular complexity index is 1490. The molecule has 0 radical (unpaired) electrons. The van der Waals surface area contributed by atoms with Crippen molar-refractivity contribution in [2.24, 2.45) is 0 Å². The summed E-state index contributed by atoms with van der Waals surface area (Å²) in [4.78, 5) is 39.2. The van der Waals surface area contributed by atoms with Crippen molar-refractivity contribution in [1.29, 1.82) is 0 Å². The summed E-state index contributed by atoms with van der Waals surface area (Å²) >= 11 is 0. The Morgan fingerprint density at radius 3 is 2.40 bits per heavy atom. The van der Waals surface area contributed by atoms with Crippen molar-refractivity contribution in [3.63, 3.8) is 0 Å². The van der Waals surface area contributed by atoms with Gasteiger partial charge in [-0.05, 0) is 37.3 Å². The van der Waals surface area contributed by atoms with Crippen molar-refractivity contribution in [1.82, 2.24) is 4.57 Å². The molecule has 0 bridgehead atoms. The van der Waals surface area contributed by atoms with Gasteiger partial charge < -0.3 is 19.4 Å². The number of aromatic nitrogens is 1. The van der Waals surface area contributed by atoms with Crippen molar-refractivity contribution in [3.8, 4) is 11.5 Å². The summed E-state index contributed by atoms with van der Waals surface area (Å²) in [6.07, 6.45) is 1.34. The first-order valence-corrected chi connectivity index (χ1v) is 10.8. The molecule has 0 aliphatic heterocycles. The molecule has 0 spiro atoms. The van der Waals surface area contributed by atoms with Crippen LogP contribution in [0.25, 0.3) is 10.9 Å². The predicted molar refractivity (Wildman–Crippen MR) is 131 cm³/mol. The molecule has 8 heteroatoms. The van der Waals surface area contributed by atoms with E-state index < -0.39 is 22.9 Å². The maximum atomic E-state index is 14.0. The fraction of sp³-hybridized carbons (Fsp3) is 0.148. The first kappa shape index (κ1) is 23.7. The normalized spacial score (nSPS) is 10.7. The van der Waals surface area contributed by atoms with Crippen molar-refractivity contribution in [2.75, 3.05) is 19.5 Å². The number of fused-ring (bicyclic) bond motifs is 1. The summed E-state index contributed by atoms with van der Waals surface area (Å²) in [6, 6.07) is 15.4. The molecule has 4 aromatic rings. The lowest BCUT2D eigenvalue weighted by Crippen LogP contribution is -2.24. The van der Waals surface area contributed by atoms with Crippen molar-refractivity contribution >= 4 is 28.3 Å². The highest BCUT2D eigenvalue weighted by Gasteiger charge is 2.19. The number of amides is 1. The van der Waals surface area contributed by atoms with E-state index in [0.29, 0.717) is 28.3 Å². The number of pyridine rings is 1. The van der Waals surface area contributed by atoms with Crippen LogP contribution in [0.2, 0.25) is 0 Å². The van der Waals surface area contributed by atoms with E-state index in [0.717, 1.165) is 11.6 Å². The number of aryl methyl sites for hydroxylation is 1. The number of anilines is 1. The number of methoxy groups -OCH3 is 2. The summed E-state index contributed by atoms with van der Waals surface area (Å²) < 4.78 is 26.0. The van der Waals surface area contributed by atoms with Gasteiger partial charge >= 0.3 is 0 Å². The molecule has 0 aliphatic carbocycles. The zero-order valence-electron chi connectivity index (χ0n) is 19.4. The van der Waals surface area contributed by atoms with Crippen molar-refractivity contribution in [2.45, 2.75) is 13.5 Å². The first-order valence-electron chi connectivity index (χ1n) is 10.8. The second kappa shape index (κ2) is 9.80. The fourth-order valence-corrected chi connectivity index (χ4v) is 3.77. The van der Waals surface area contributed by atoms with E-state index in [-0.39, 0.29) is 17.5 Å². The van der Waals surface area contributed by atoms with Gasteiger partial charge in [-0.25, -0.2) is 4.39 Å². The maximum Gasteiger partial charge on any atom is 0.244 e. The van der Waals surface area contributed by atoms with Gasteiger partial charge in [-0.15, -0.1) is 0 Å². The second-order valence-corrected chi connectivity index (χ2v) is 7.97. The zero-order chi connectivity index (χ0) is 25.1. The van der Waals surface area contributed by atoms with Crippen molar-refractivity contribution < 1.29 is 23.5 Å². The molecule has 0 aliphatic rings. The third kappa shape index (κ3) is 4.91. The summed E-state index contributed by atoms with van der Waals surface area (Å²) in [5.41, 5.74) is 1.28. The molecule has 1 heterocycles. The third-order valence-corrected chi connectivity index (χ3v) is 5.60. The van der Waals surface area contributed by atoms with E-state index in [9.17, 15) is 18.8 Å². The third-order valence-electron chi connectivity index (χ3n) is 5.60. The van der Waals surface area contributed by atoms with Crippen LogP contribution in [0, 0.1) is 12.7 Å². The molecule has 3 aromatic carbocycles. The number of nitrogens with one attached hydrogen (secondary N) is 1. The highest BCUT2D eigenvalue weighted by Crippen LogP contribution is 2.29. The molecular formula is C27H23FN2O5. The summed E-state index contributed by atoms with van der Waals surface area (Å²) in [5, 5.41) is 2.77. The Balaban J connectivity index is 1.73. The molecule has 0 unspecified atom stereocenters. The number of carbonyl (C=O) groups excluding carboxylic acids is 2. The van der Waals surface area contributed by atoms with Crippen LogP contribution in [-0.4, -0.2) is 30.5 Å². The molecule has 178 valence electrons. The summed E-state index contributed by atoms with van der Waals surface area (Å²) in [5.74, 6) is -0.593. The largest absolute Gasteiger partial charge is 0.497 e. The SMILES string of the molecule is COc1ccc(NC(=O)Cn2cc(C(=O)c3ccc(C)cc3)c(=O)c3cc(F)ccc32)c(OC)c1. The molecule has 1 aromatic heterocycles. The molecule has 4 rings (SSSR count). The number of hydrogen-bond acceptors (Lipinski definition) is 5. The molecular weight excluding hydrogens is 451 g/mol. The minimum absolute atomic E-state index is 0.0118. The second-order valence-electron chi connectivity index (χ2n) is 7.97. The standard InChI is InChI=1S/C27H23FN2O5/c1-16-4-6-17(7-5-16)26(32)21-14-30(23-11-8-18(28)12-20(23)27(21)33)15-25(31)29-22-10-9-19(34-2)13-24(22)35-3/h4-14H,15H2,1-3H3,(H,29,31). The minimum Gasteiger partial charge on any atom is -0.497 e. The van der Waals surface area contributed by atoms with E-state index in [1.54, 1.807) is 42.5 Å². The number of ketones is 1. The van der Waals surface area contributed by atoms with Crippen LogP contribution >= 0.6 is 0 Å². The number of hydrogen-bond donors (Lipinski definition) is 1. The maximum absolute atomic E-state index is 14.0. The van der Waals surface area contributed by atoms with E-state index in [4.69, 9.17) is 9.47 Å². The quantitative estimate of drug-likeness (QED) is 0.403. The van der Waals surface area contributed by atoms with Gasteiger partial charge in [-0.2, -0.15) is 0 Å². The predicted octanol–water partition coefficient (Wildman–Crippen LogP) is 4.34. The molecule has 0 saturated heterocycles. The van der Waals surface area contributed by atoms with Crippen LogP contribution in [0.3, 0.4) is 0 Å². The van der Waals surface area contributed by atoms with Gasteiger partial charge in [0, 0.05) is 23.2 Å². The molecule has 0 saturated carbocycles. The Morgan fingerprint density at radius 2 is 1.71 bits per heavy atom. The zero-order valence-corrected chi connectivity index (χ0v) is 19.4. The van der Waals surface area contributed by atoms with Gasteiger partial charge in [0.05, 0.1) is 31.0 Å². The number of nitrogens with zero attached hydrogens (tertiary/aromatic N) is 1. The van der Waals surface area contributed by atoms with Gasteiger partial charge in [0.1, 0.15) is 23.9 Å². The molecule has 35 heavy (non-hydrogen) atoms. The van der Waals surface area contributed by atoms with Gasteiger partial charge in [-0.3, -0.25) is 14.4 Å². The smallest absolute Gasteiger partial charge is 0.244 e. The van der Waals surface area contributed by atoms with Crippen LogP contribution in [0.4, 0.5) is 10.1 Å². The van der Waals surface area contributed by atoms with Crippen LogP contribution in [0.1, 0.15) is 21.5 Å². The number of ether oxygens (including phenoxy) is 2. The lowest BCUT2D eigenvalue weighted by atomic mass is 10.0. The van der Waals surface area contributed by atoms with Gasteiger partial charge in [0.25, 0.3) is 0 Å². The summed E-state index contributed by atoms with van der Waals surface area (Å²) in [7, 11) is 2.99. The molecule has 7 nitrogen and oxygen atoms in total. The molecule has 1 amide bonds. The van der Waals surface area contributed by atoms with E-state index in [1.807, 2.05) is 6.92 Å². The van der Waals surface area contributed by atoms with E-state index >= 15 is 0 Å². The molecule has 0 atom stereocenters. The highest BCUT2D eigenvalue weighted by molar-refractivity contribution is 6.10. The van der Waals surface area contributed by atoms with Crippen LogP contribution in [0.15, 0.2) is 71.7 Å². The van der Waals surface area contributed by atoms with E-state index in [2.05, 4.69) is 5.32 Å². The highest BCUT2D eigenvalue weighted by atomic mass is 19.1. The van der Waals surface area contributed by atoms with E-state index in [1.165, 1.54) is 37.1 Å². The minimum atomic E-state index is -0.617. The number of halogens is 1. The molecule has 1 N–H and O–H groups in total. The van der Waals surface area contributed by atoms with Crippen LogP contribution < -0.4 is 20.2 Å². The number of benzene rings is 3. The number of rotatable bonds is 7. The lowest BCUT2D eigenvalue weighted by molar-refractivity contribution is -0.116. The Kier molecular flexibility index (Phi) is 6.64. The Hall–Kier alpha value is -4.46. The van der Waals surface area contributed by atoms with Crippen LogP contribution in [0.5, 0.6) is 11.5 Å². The lowest BCUT2D eigenvalue weighted by Gasteiger charge is -2.15. The van der Waals surface area contributed by atoms with Gasteiger partial charge in [0.15, 0.2) is 5.78 Å². The summed E-state index contributed by atoms with van der Waals surface area (Å²) in [6.45, 7) is 1.65. The van der Waals surface area contributed by atoms with Gasteiger partial charge in [-0.1, -0.05) is 29.8 Å². The average molecular weight is 474 g/mol. The van der Waals surface area contributed by atoms with Crippen molar-refractivity contribution in [3.05, 3.63) is 99.6 Å². The fourth-order valence-electron chi connectivity index (χ4n) is 3.77. The Labute approximate surface area is 200 Å². The first-order chi connectivity index (χ1) is 16.8. The molecule has 0 fully saturated rings.